The second-order valence-corrected chi connectivity index (χ2v) is 5.02. The first-order valence-corrected chi connectivity index (χ1v) is 6.50. The summed E-state index contributed by atoms with van der Waals surface area (Å²) in [4.78, 5) is 21.8. The lowest BCUT2D eigenvalue weighted by Gasteiger charge is -2.26. The topological polar surface area (TPSA) is 72.1 Å². The van der Waals surface area contributed by atoms with Crippen LogP contribution in [0.4, 0.5) is 5.82 Å². The van der Waals surface area contributed by atoms with Gasteiger partial charge in [0.25, 0.3) is 5.91 Å². The molecule has 0 atom stereocenters. The SMILES string of the molecule is CN(CC1CCCCC1)C(=O)c1cncc(N)n1. The van der Waals surface area contributed by atoms with Crippen LogP contribution in [0.25, 0.3) is 0 Å². The Morgan fingerprint density at radius 3 is 2.78 bits per heavy atom. The summed E-state index contributed by atoms with van der Waals surface area (Å²) in [6.07, 6.45) is 9.25. The van der Waals surface area contributed by atoms with Gasteiger partial charge in [0.15, 0.2) is 0 Å². The summed E-state index contributed by atoms with van der Waals surface area (Å²) in [6, 6.07) is 0. The second kappa shape index (κ2) is 5.80. The minimum Gasteiger partial charge on any atom is -0.382 e. The van der Waals surface area contributed by atoms with Crippen molar-refractivity contribution in [3.8, 4) is 0 Å². The first kappa shape index (κ1) is 12.8. The minimum absolute atomic E-state index is 0.0969. The molecule has 2 rings (SSSR count). The molecule has 18 heavy (non-hydrogen) atoms. The fourth-order valence-electron chi connectivity index (χ4n) is 2.52. The van der Waals surface area contributed by atoms with Gasteiger partial charge < -0.3 is 10.6 Å². The summed E-state index contributed by atoms with van der Waals surface area (Å²) < 4.78 is 0. The van der Waals surface area contributed by atoms with Gasteiger partial charge in [0, 0.05) is 13.6 Å². The number of aromatic nitrogens is 2. The number of rotatable bonds is 3. The number of hydrogen-bond acceptors (Lipinski definition) is 4. The van der Waals surface area contributed by atoms with E-state index in [4.69, 9.17) is 5.73 Å². The lowest BCUT2D eigenvalue weighted by atomic mass is 9.89. The van der Waals surface area contributed by atoms with Crippen LogP contribution >= 0.6 is 0 Å². The van der Waals surface area contributed by atoms with Gasteiger partial charge in [-0.25, -0.2) is 4.98 Å². The Kier molecular flexibility index (Phi) is 4.12. The van der Waals surface area contributed by atoms with Gasteiger partial charge in [-0.05, 0) is 18.8 Å². The summed E-state index contributed by atoms with van der Waals surface area (Å²) in [5.74, 6) is 0.814. The second-order valence-electron chi connectivity index (χ2n) is 5.02. The van der Waals surface area contributed by atoms with E-state index >= 15 is 0 Å². The van der Waals surface area contributed by atoms with Crippen LogP contribution in [-0.2, 0) is 0 Å². The van der Waals surface area contributed by atoms with Crippen LogP contribution in [0.2, 0.25) is 0 Å². The summed E-state index contributed by atoms with van der Waals surface area (Å²) in [5, 5.41) is 0. The fraction of sp³-hybridized carbons (Fsp3) is 0.615. The Morgan fingerprint density at radius 1 is 1.39 bits per heavy atom. The van der Waals surface area contributed by atoms with Crippen LogP contribution in [0.3, 0.4) is 0 Å². The van der Waals surface area contributed by atoms with Crippen LogP contribution in [0.15, 0.2) is 12.4 Å². The Hall–Kier alpha value is -1.65. The standard InChI is InChI=1S/C13H20N4O/c1-17(9-10-5-3-2-4-6-10)13(18)11-7-15-8-12(14)16-11/h7-8,10H,2-6,9H2,1H3,(H2,14,16). The number of hydrogen-bond donors (Lipinski definition) is 1. The van der Waals surface area contributed by atoms with Gasteiger partial charge >= 0.3 is 0 Å². The Morgan fingerprint density at radius 2 is 2.11 bits per heavy atom. The number of amides is 1. The average Bonchev–Trinajstić information content (AvgIpc) is 2.39. The molecule has 5 heteroatoms. The summed E-state index contributed by atoms with van der Waals surface area (Å²) in [7, 11) is 1.82. The highest BCUT2D eigenvalue weighted by Crippen LogP contribution is 2.24. The normalized spacial score (nSPS) is 16.5. The number of nitrogens with two attached hydrogens (primary N) is 1. The van der Waals surface area contributed by atoms with Crippen molar-refractivity contribution in [2.45, 2.75) is 32.1 Å². The Labute approximate surface area is 107 Å². The predicted molar refractivity (Wildman–Crippen MR) is 70.0 cm³/mol. The molecule has 98 valence electrons. The number of nitrogen functional groups attached to an aromatic ring is 1. The Balaban J connectivity index is 1.95. The van der Waals surface area contributed by atoms with Crippen LogP contribution in [0.1, 0.15) is 42.6 Å². The van der Waals surface area contributed by atoms with Gasteiger partial charge in [0.05, 0.1) is 12.4 Å². The van der Waals surface area contributed by atoms with Crippen molar-refractivity contribution in [2.24, 2.45) is 5.92 Å². The molecule has 0 bridgehead atoms. The highest BCUT2D eigenvalue weighted by molar-refractivity contribution is 5.92. The zero-order valence-corrected chi connectivity index (χ0v) is 10.8. The molecule has 1 fully saturated rings. The molecule has 0 saturated heterocycles. The average molecular weight is 248 g/mol. The maximum absolute atomic E-state index is 12.1. The van der Waals surface area contributed by atoms with E-state index in [2.05, 4.69) is 9.97 Å². The van der Waals surface area contributed by atoms with Crippen molar-refractivity contribution in [1.82, 2.24) is 14.9 Å². The third-order valence-corrected chi connectivity index (χ3v) is 3.48. The summed E-state index contributed by atoms with van der Waals surface area (Å²) in [6.45, 7) is 0.801. The molecule has 0 spiro atoms. The third kappa shape index (κ3) is 3.18. The molecule has 1 heterocycles. The quantitative estimate of drug-likeness (QED) is 0.884. The van der Waals surface area contributed by atoms with E-state index in [1.54, 1.807) is 4.90 Å². The van der Waals surface area contributed by atoms with E-state index in [1.165, 1.54) is 44.5 Å². The Bertz CT molecular complexity index is 415. The smallest absolute Gasteiger partial charge is 0.273 e. The van der Waals surface area contributed by atoms with Crippen LogP contribution in [0, 0.1) is 5.92 Å². The van der Waals surface area contributed by atoms with Crippen molar-refractivity contribution in [3.63, 3.8) is 0 Å². The van der Waals surface area contributed by atoms with Crippen LogP contribution in [-0.4, -0.2) is 34.4 Å². The fourth-order valence-corrected chi connectivity index (χ4v) is 2.52. The maximum Gasteiger partial charge on any atom is 0.273 e. The highest BCUT2D eigenvalue weighted by Gasteiger charge is 2.20. The molecular weight excluding hydrogens is 228 g/mol. The van der Waals surface area contributed by atoms with Crippen molar-refractivity contribution in [3.05, 3.63) is 18.1 Å². The first-order valence-electron chi connectivity index (χ1n) is 6.50. The monoisotopic (exact) mass is 248 g/mol. The highest BCUT2D eigenvalue weighted by atomic mass is 16.2. The molecule has 1 amide bonds. The lowest BCUT2D eigenvalue weighted by molar-refractivity contribution is 0.0754. The first-order chi connectivity index (χ1) is 8.66. The lowest BCUT2D eigenvalue weighted by Crippen LogP contribution is -2.33. The maximum atomic E-state index is 12.1. The minimum atomic E-state index is -0.0969. The molecule has 1 aliphatic rings. The van der Waals surface area contributed by atoms with E-state index in [0.717, 1.165) is 6.54 Å². The number of carbonyl (C=O) groups is 1. The molecular formula is C13H20N4O. The number of anilines is 1. The van der Waals surface area contributed by atoms with Gasteiger partial charge in [-0.1, -0.05) is 19.3 Å². The predicted octanol–water partition coefficient (Wildman–Crippen LogP) is 1.71. The molecule has 2 N–H and O–H groups in total. The summed E-state index contributed by atoms with van der Waals surface area (Å²) >= 11 is 0. The van der Waals surface area contributed by atoms with Gasteiger partial charge in [-0.15, -0.1) is 0 Å². The molecule has 0 aromatic carbocycles. The van der Waals surface area contributed by atoms with Crippen molar-refractivity contribution < 1.29 is 4.79 Å². The van der Waals surface area contributed by atoms with E-state index in [9.17, 15) is 4.79 Å². The van der Waals surface area contributed by atoms with Gasteiger partial charge in [0.1, 0.15) is 11.5 Å². The third-order valence-electron chi connectivity index (χ3n) is 3.48. The zero-order valence-electron chi connectivity index (χ0n) is 10.8. The molecule has 0 aliphatic heterocycles. The van der Waals surface area contributed by atoms with E-state index in [-0.39, 0.29) is 11.7 Å². The van der Waals surface area contributed by atoms with Crippen LogP contribution in [0.5, 0.6) is 0 Å². The van der Waals surface area contributed by atoms with Crippen molar-refractivity contribution in [2.75, 3.05) is 19.3 Å². The molecule has 1 saturated carbocycles. The van der Waals surface area contributed by atoms with Gasteiger partial charge in [-0.3, -0.25) is 9.78 Å². The van der Waals surface area contributed by atoms with Crippen molar-refractivity contribution in [1.29, 1.82) is 0 Å². The van der Waals surface area contributed by atoms with Crippen molar-refractivity contribution >= 4 is 11.7 Å². The van der Waals surface area contributed by atoms with E-state index in [1.807, 2.05) is 7.05 Å². The largest absolute Gasteiger partial charge is 0.382 e. The molecule has 5 nitrogen and oxygen atoms in total. The molecule has 0 radical (unpaired) electrons. The van der Waals surface area contributed by atoms with E-state index < -0.39 is 0 Å². The number of carbonyl (C=O) groups excluding carboxylic acids is 1. The molecule has 1 aromatic rings. The van der Waals surface area contributed by atoms with E-state index in [0.29, 0.717) is 11.6 Å². The zero-order chi connectivity index (χ0) is 13.0. The van der Waals surface area contributed by atoms with Gasteiger partial charge in [0.2, 0.25) is 0 Å². The molecule has 1 aliphatic carbocycles. The summed E-state index contributed by atoms with van der Waals surface area (Å²) in [5.41, 5.74) is 5.86. The molecule has 1 aromatic heterocycles. The van der Waals surface area contributed by atoms with Crippen LogP contribution < -0.4 is 5.73 Å². The number of nitrogens with zero attached hydrogens (tertiary/aromatic N) is 3. The molecule has 0 unspecified atom stereocenters. The van der Waals surface area contributed by atoms with Gasteiger partial charge in [-0.2, -0.15) is 0 Å².